The maximum Gasteiger partial charge on any atom is 0.270 e. The van der Waals surface area contributed by atoms with E-state index in [-0.39, 0.29) is 24.4 Å². The van der Waals surface area contributed by atoms with E-state index in [1.54, 1.807) is 6.07 Å². The van der Waals surface area contributed by atoms with E-state index in [9.17, 15) is 20.0 Å². The van der Waals surface area contributed by atoms with E-state index in [0.717, 1.165) is 5.56 Å². The van der Waals surface area contributed by atoms with Gasteiger partial charge in [-0.3, -0.25) is 14.9 Å². The summed E-state index contributed by atoms with van der Waals surface area (Å²) in [5.74, 6) is 0.176. The van der Waals surface area contributed by atoms with Gasteiger partial charge in [-0.2, -0.15) is 0 Å². The van der Waals surface area contributed by atoms with Crippen LogP contribution in [0.1, 0.15) is 15.9 Å². The number of hydrogen-bond donors (Lipinski definition) is 2. The first-order chi connectivity index (χ1) is 11.5. The minimum Gasteiger partial charge on any atom is -0.491 e. The summed E-state index contributed by atoms with van der Waals surface area (Å²) in [7, 11) is 0. The quantitative estimate of drug-likeness (QED) is 0.598. The molecule has 2 N–H and O–H groups in total. The monoisotopic (exact) mass is 330 g/mol. The van der Waals surface area contributed by atoms with Gasteiger partial charge in [-0.1, -0.05) is 24.3 Å². The Bertz CT molecular complexity index is 732. The fourth-order valence-corrected chi connectivity index (χ4v) is 2.04. The van der Waals surface area contributed by atoms with E-state index >= 15 is 0 Å². The number of benzene rings is 2. The fourth-order valence-electron chi connectivity index (χ4n) is 2.04. The van der Waals surface area contributed by atoms with E-state index < -0.39 is 16.9 Å². The largest absolute Gasteiger partial charge is 0.491 e. The summed E-state index contributed by atoms with van der Waals surface area (Å²) < 4.78 is 5.50. The molecule has 7 nitrogen and oxygen atoms in total. The number of para-hydroxylation sites is 1. The van der Waals surface area contributed by atoms with Gasteiger partial charge in [0.2, 0.25) is 0 Å². The van der Waals surface area contributed by atoms with Crippen molar-refractivity contribution in [2.75, 3.05) is 13.2 Å². The summed E-state index contributed by atoms with van der Waals surface area (Å²) in [5.41, 5.74) is 0.952. The van der Waals surface area contributed by atoms with Gasteiger partial charge in [-0.15, -0.1) is 0 Å². The van der Waals surface area contributed by atoms with E-state index in [4.69, 9.17) is 4.74 Å². The lowest BCUT2D eigenvalue weighted by Crippen LogP contribution is -2.35. The smallest absolute Gasteiger partial charge is 0.270 e. The highest BCUT2D eigenvalue weighted by molar-refractivity contribution is 5.94. The molecule has 0 heterocycles. The number of nitro benzene ring substituents is 1. The van der Waals surface area contributed by atoms with Gasteiger partial charge < -0.3 is 15.2 Å². The average Bonchev–Trinajstić information content (AvgIpc) is 2.59. The Kier molecular flexibility index (Phi) is 5.86. The van der Waals surface area contributed by atoms with Crippen molar-refractivity contribution >= 4 is 11.6 Å². The zero-order valence-electron chi connectivity index (χ0n) is 13.1. The Labute approximate surface area is 139 Å². The highest BCUT2D eigenvalue weighted by Gasteiger charge is 2.13. The van der Waals surface area contributed by atoms with Gasteiger partial charge in [-0.05, 0) is 24.6 Å². The number of hydrogen-bond acceptors (Lipinski definition) is 5. The molecule has 0 spiro atoms. The third-order valence-corrected chi connectivity index (χ3v) is 3.34. The molecule has 2 aromatic carbocycles. The van der Waals surface area contributed by atoms with Crippen molar-refractivity contribution in [2.45, 2.75) is 13.0 Å². The molecule has 2 aromatic rings. The maximum absolute atomic E-state index is 12.0. The van der Waals surface area contributed by atoms with Crippen LogP contribution in [0.2, 0.25) is 0 Å². The van der Waals surface area contributed by atoms with Crippen LogP contribution in [0, 0.1) is 17.0 Å². The average molecular weight is 330 g/mol. The number of amides is 1. The number of nitrogens with one attached hydrogen (secondary N) is 1. The molecule has 1 unspecified atom stereocenters. The van der Waals surface area contributed by atoms with Gasteiger partial charge in [0, 0.05) is 24.2 Å². The highest BCUT2D eigenvalue weighted by Crippen LogP contribution is 2.16. The van der Waals surface area contributed by atoms with Crippen molar-refractivity contribution in [3.05, 3.63) is 69.8 Å². The van der Waals surface area contributed by atoms with Crippen LogP contribution in [0.5, 0.6) is 5.75 Å². The number of aliphatic hydroxyl groups is 1. The summed E-state index contributed by atoms with van der Waals surface area (Å²) in [4.78, 5) is 22.1. The highest BCUT2D eigenvalue weighted by atomic mass is 16.6. The molecule has 126 valence electrons. The maximum atomic E-state index is 12.0. The van der Waals surface area contributed by atoms with E-state index in [1.807, 2.05) is 25.1 Å². The molecule has 0 aliphatic heterocycles. The van der Waals surface area contributed by atoms with Gasteiger partial charge in [0.05, 0.1) is 4.92 Å². The predicted molar refractivity (Wildman–Crippen MR) is 88.1 cm³/mol. The zero-order valence-corrected chi connectivity index (χ0v) is 13.1. The topological polar surface area (TPSA) is 102 Å². The first-order valence-corrected chi connectivity index (χ1v) is 7.36. The minimum atomic E-state index is -0.896. The van der Waals surface area contributed by atoms with Crippen LogP contribution in [0.4, 0.5) is 5.69 Å². The SMILES string of the molecule is Cc1ccccc1OCC(O)CNC(=O)c1cccc([N+](=O)[O-])c1. The molecule has 0 aromatic heterocycles. The van der Waals surface area contributed by atoms with Crippen molar-refractivity contribution < 1.29 is 19.6 Å². The Balaban J connectivity index is 1.84. The third kappa shape index (κ3) is 4.79. The second kappa shape index (κ2) is 8.07. The fraction of sp³-hybridized carbons (Fsp3) is 0.235. The Morgan fingerprint density at radius 3 is 2.75 bits per heavy atom. The molecule has 0 radical (unpaired) electrons. The van der Waals surface area contributed by atoms with Crippen LogP contribution in [0.25, 0.3) is 0 Å². The summed E-state index contributed by atoms with van der Waals surface area (Å²) >= 11 is 0. The lowest BCUT2D eigenvalue weighted by atomic mass is 10.2. The van der Waals surface area contributed by atoms with Gasteiger partial charge >= 0.3 is 0 Å². The molecular weight excluding hydrogens is 312 g/mol. The lowest BCUT2D eigenvalue weighted by molar-refractivity contribution is -0.384. The molecule has 24 heavy (non-hydrogen) atoms. The normalized spacial score (nSPS) is 11.6. The van der Waals surface area contributed by atoms with Crippen LogP contribution in [0.3, 0.4) is 0 Å². The van der Waals surface area contributed by atoms with Crippen molar-refractivity contribution in [3.63, 3.8) is 0 Å². The van der Waals surface area contributed by atoms with Gasteiger partial charge in [0.1, 0.15) is 18.5 Å². The molecule has 1 atom stereocenters. The van der Waals surface area contributed by atoms with E-state index in [1.165, 1.54) is 24.3 Å². The summed E-state index contributed by atoms with van der Waals surface area (Å²) in [6, 6.07) is 12.8. The molecule has 1 amide bonds. The summed E-state index contributed by atoms with van der Waals surface area (Å²) in [6.45, 7) is 1.90. The lowest BCUT2D eigenvalue weighted by Gasteiger charge is -2.14. The van der Waals surface area contributed by atoms with Crippen LogP contribution < -0.4 is 10.1 Å². The first-order valence-electron chi connectivity index (χ1n) is 7.36. The van der Waals surface area contributed by atoms with Gasteiger partial charge in [-0.25, -0.2) is 0 Å². The molecule has 0 aliphatic carbocycles. The van der Waals surface area contributed by atoms with Crippen LogP contribution in [-0.4, -0.2) is 35.2 Å². The first kappa shape index (κ1) is 17.4. The predicted octanol–water partition coefficient (Wildman–Crippen LogP) is 2.07. The van der Waals surface area contributed by atoms with Crippen LogP contribution in [-0.2, 0) is 0 Å². The molecule has 0 fully saturated rings. The van der Waals surface area contributed by atoms with Gasteiger partial charge in [0.25, 0.3) is 11.6 Å². The van der Waals surface area contributed by atoms with Crippen LogP contribution in [0.15, 0.2) is 48.5 Å². The number of carbonyl (C=O) groups is 1. The number of ether oxygens (including phenoxy) is 1. The van der Waals surface area contributed by atoms with Crippen LogP contribution >= 0.6 is 0 Å². The Morgan fingerprint density at radius 1 is 1.29 bits per heavy atom. The second-order valence-corrected chi connectivity index (χ2v) is 5.25. The molecule has 7 heteroatoms. The molecular formula is C17H18N2O5. The summed E-state index contributed by atoms with van der Waals surface area (Å²) in [5, 5.41) is 23.1. The number of aryl methyl sites for hydroxylation is 1. The van der Waals surface area contributed by atoms with Gasteiger partial charge in [0.15, 0.2) is 0 Å². The summed E-state index contributed by atoms with van der Waals surface area (Å²) in [6.07, 6.45) is -0.896. The number of nitrogens with zero attached hydrogens (tertiary/aromatic N) is 1. The molecule has 0 saturated heterocycles. The zero-order chi connectivity index (χ0) is 17.5. The number of nitro groups is 1. The van der Waals surface area contributed by atoms with Crippen molar-refractivity contribution in [3.8, 4) is 5.75 Å². The van der Waals surface area contributed by atoms with Crippen molar-refractivity contribution in [1.82, 2.24) is 5.32 Å². The molecule has 2 rings (SSSR count). The van der Waals surface area contributed by atoms with Crippen molar-refractivity contribution in [1.29, 1.82) is 0 Å². The second-order valence-electron chi connectivity index (χ2n) is 5.25. The van der Waals surface area contributed by atoms with Crippen molar-refractivity contribution in [2.24, 2.45) is 0 Å². The number of rotatable bonds is 7. The molecule has 0 saturated carbocycles. The molecule has 0 bridgehead atoms. The molecule has 0 aliphatic rings. The minimum absolute atomic E-state index is 0.0204. The van der Waals surface area contributed by atoms with E-state index in [2.05, 4.69) is 5.32 Å². The Hall–Kier alpha value is -2.93. The Morgan fingerprint density at radius 2 is 2.04 bits per heavy atom. The van der Waals surface area contributed by atoms with E-state index in [0.29, 0.717) is 5.75 Å². The standard InChI is InChI=1S/C17H18N2O5/c1-12-5-2-3-8-16(12)24-11-15(20)10-18-17(21)13-6-4-7-14(9-13)19(22)23/h2-9,15,20H,10-11H2,1H3,(H,18,21). The third-order valence-electron chi connectivity index (χ3n) is 3.34. The number of non-ortho nitro benzene ring substituents is 1. The number of carbonyl (C=O) groups excluding carboxylic acids is 1. The number of aliphatic hydroxyl groups excluding tert-OH is 1.